The molecule has 0 saturated carbocycles. The van der Waals surface area contributed by atoms with Crippen LogP contribution in [-0.4, -0.2) is 21.7 Å². The topological polar surface area (TPSA) is 53.3 Å². The number of hydrogen-bond acceptors (Lipinski definition) is 5. The number of thioether (sulfide) groups is 1. The quantitative estimate of drug-likeness (QED) is 0.573. The van der Waals surface area contributed by atoms with E-state index in [1.165, 1.54) is 28.8 Å². The van der Waals surface area contributed by atoms with Gasteiger partial charge in [0, 0.05) is 0 Å². The van der Waals surface area contributed by atoms with Gasteiger partial charge in [0.15, 0.2) is 6.61 Å². The average molecular weight is 384 g/mol. The second kappa shape index (κ2) is 8.13. The lowest BCUT2D eigenvalue weighted by Crippen LogP contribution is -2.27. The molecule has 4 nitrogen and oxygen atoms in total. The average Bonchev–Trinajstić information content (AvgIpc) is 2.90. The van der Waals surface area contributed by atoms with Crippen molar-refractivity contribution >= 4 is 40.3 Å². The van der Waals surface area contributed by atoms with Gasteiger partial charge in [-0.25, -0.2) is 4.39 Å². The van der Waals surface area contributed by atoms with Crippen LogP contribution in [0.3, 0.4) is 0 Å². The van der Waals surface area contributed by atoms with Crippen LogP contribution in [0.15, 0.2) is 53.4 Å². The lowest BCUT2D eigenvalue weighted by atomic mass is 10.2. The van der Waals surface area contributed by atoms with Crippen LogP contribution >= 0.6 is 24.0 Å². The standard InChI is InChI=1S/C19H13FN2O2S2/c20-15-5-1-14(2-6-15)12-22-18(23)17(26-19(22)25)11-13-3-7-16(8-4-13)24-10-9-21/h1-8,11H,10,12H2. The lowest BCUT2D eigenvalue weighted by molar-refractivity contribution is -0.122. The molecule has 0 unspecified atom stereocenters. The van der Waals surface area contributed by atoms with Crippen LogP contribution in [0.4, 0.5) is 4.39 Å². The Kier molecular flexibility index (Phi) is 5.66. The largest absolute Gasteiger partial charge is 0.479 e. The smallest absolute Gasteiger partial charge is 0.266 e. The first-order valence-corrected chi connectivity index (χ1v) is 8.89. The van der Waals surface area contributed by atoms with E-state index in [0.717, 1.165) is 11.1 Å². The van der Waals surface area contributed by atoms with Gasteiger partial charge in [-0.1, -0.05) is 48.2 Å². The summed E-state index contributed by atoms with van der Waals surface area (Å²) in [6, 6.07) is 15.0. The summed E-state index contributed by atoms with van der Waals surface area (Å²) in [5.74, 6) is 0.0999. The van der Waals surface area contributed by atoms with Gasteiger partial charge in [0.1, 0.15) is 22.0 Å². The van der Waals surface area contributed by atoms with Gasteiger partial charge < -0.3 is 4.74 Å². The van der Waals surface area contributed by atoms with Crippen LogP contribution in [0.1, 0.15) is 11.1 Å². The third-order valence-electron chi connectivity index (χ3n) is 3.61. The molecule has 0 bridgehead atoms. The first-order chi connectivity index (χ1) is 12.6. The second-order valence-electron chi connectivity index (χ2n) is 5.41. The molecule has 1 aliphatic rings. The van der Waals surface area contributed by atoms with Gasteiger partial charge in [0.2, 0.25) is 0 Å². The first kappa shape index (κ1) is 18.1. The molecule has 3 rings (SSSR count). The number of rotatable bonds is 5. The molecule has 0 radical (unpaired) electrons. The molecule has 0 N–H and O–H groups in total. The summed E-state index contributed by atoms with van der Waals surface area (Å²) < 4.78 is 18.7. The highest BCUT2D eigenvalue weighted by Crippen LogP contribution is 2.33. The Morgan fingerprint density at radius 1 is 1.19 bits per heavy atom. The van der Waals surface area contributed by atoms with Crippen LogP contribution in [0.25, 0.3) is 6.08 Å². The second-order valence-corrected chi connectivity index (χ2v) is 7.09. The summed E-state index contributed by atoms with van der Waals surface area (Å²) in [4.78, 5) is 14.6. The van der Waals surface area contributed by atoms with Crippen LogP contribution in [0, 0.1) is 17.1 Å². The first-order valence-electron chi connectivity index (χ1n) is 7.66. The van der Waals surface area contributed by atoms with Gasteiger partial charge in [-0.15, -0.1) is 0 Å². The van der Waals surface area contributed by atoms with E-state index in [0.29, 0.717) is 21.5 Å². The van der Waals surface area contributed by atoms with E-state index in [1.807, 2.05) is 6.07 Å². The number of thiocarbonyl (C=S) groups is 1. The van der Waals surface area contributed by atoms with Crippen molar-refractivity contribution in [2.24, 2.45) is 0 Å². The van der Waals surface area contributed by atoms with Crippen molar-refractivity contribution in [3.63, 3.8) is 0 Å². The molecule has 0 aromatic heterocycles. The molecule has 1 aliphatic heterocycles. The van der Waals surface area contributed by atoms with Crippen molar-refractivity contribution in [2.45, 2.75) is 6.54 Å². The Hall–Kier alpha value is -2.69. The van der Waals surface area contributed by atoms with Crippen LogP contribution < -0.4 is 4.74 Å². The number of benzene rings is 2. The molecule has 1 heterocycles. The number of carbonyl (C=O) groups excluding carboxylic acids is 1. The van der Waals surface area contributed by atoms with Crippen molar-refractivity contribution in [3.8, 4) is 11.8 Å². The van der Waals surface area contributed by atoms with E-state index >= 15 is 0 Å². The molecule has 130 valence electrons. The fraction of sp³-hybridized carbons (Fsp3) is 0.105. The Morgan fingerprint density at radius 2 is 1.88 bits per heavy atom. The summed E-state index contributed by atoms with van der Waals surface area (Å²) in [5, 5.41) is 8.51. The van der Waals surface area contributed by atoms with E-state index in [9.17, 15) is 9.18 Å². The van der Waals surface area contributed by atoms with Gasteiger partial charge in [-0.2, -0.15) is 5.26 Å². The normalized spacial score (nSPS) is 15.4. The summed E-state index contributed by atoms with van der Waals surface area (Å²) >= 11 is 6.54. The molecule has 0 spiro atoms. The Bertz CT molecular complexity index is 903. The van der Waals surface area contributed by atoms with Gasteiger partial charge in [-0.05, 0) is 41.5 Å². The highest BCUT2D eigenvalue weighted by atomic mass is 32.2. The number of halogens is 1. The molecule has 7 heteroatoms. The van der Waals surface area contributed by atoms with Gasteiger partial charge >= 0.3 is 0 Å². The maximum atomic E-state index is 13.0. The predicted octanol–water partition coefficient (Wildman–Crippen LogP) is 4.13. The summed E-state index contributed by atoms with van der Waals surface area (Å²) in [6.45, 7) is 0.296. The summed E-state index contributed by atoms with van der Waals surface area (Å²) in [7, 11) is 0. The van der Waals surface area contributed by atoms with Crippen molar-refractivity contribution in [1.82, 2.24) is 4.90 Å². The molecule has 2 aromatic carbocycles. The molecule has 26 heavy (non-hydrogen) atoms. The summed E-state index contributed by atoms with van der Waals surface area (Å²) in [6.07, 6.45) is 1.76. The number of hydrogen-bond donors (Lipinski definition) is 0. The molecule has 1 amide bonds. The van der Waals surface area contributed by atoms with E-state index in [4.69, 9.17) is 22.2 Å². The number of nitriles is 1. The highest BCUT2D eigenvalue weighted by Gasteiger charge is 2.31. The zero-order chi connectivity index (χ0) is 18.5. The Labute approximate surface area is 159 Å². The van der Waals surface area contributed by atoms with Crippen molar-refractivity contribution in [3.05, 3.63) is 70.4 Å². The number of amides is 1. The van der Waals surface area contributed by atoms with Crippen molar-refractivity contribution in [2.75, 3.05) is 6.61 Å². The van der Waals surface area contributed by atoms with Crippen LogP contribution in [0.5, 0.6) is 5.75 Å². The molecule has 1 saturated heterocycles. The minimum absolute atomic E-state index is 0.0125. The maximum Gasteiger partial charge on any atom is 0.266 e. The molecule has 2 aromatic rings. The third-order valence-corrected chi connectivity index (χ3v) is 4.99. The lowest BCUT2D eigenvalue weighted by Gasteiger charge is -2.14. The highest BCUT2D eigenvalue weighted by molar-refractivity contribution is 8.26. The maximum absolute atomic E-state index is 13.0. The molecule has 1 fully saturated rings. The molecular weight excluding hydrogens is 371 g/mol. The van der Waals surface area contributed by atoms with Gasteiger partial charge in [0.25, 0.3) is 5.91 Å². The Balaban J connectivity index is 1.72. The van der Waals surface area contributed by atoms with Gasteiger partial charge in [-0.3, -0.25) is 9.69 Å². The van der Waals surface area contributed by atoms with Crippen LogP contribution in [-0.2, 0) is 11.3 Å². The van der Waals surface area contributed by atoms with E-state index < -0.39 is 0 Å². The number of nitrogens with zero attached hydrogens (tertiary/aromatic N) is 2. The fourth-order valence-electron chi connectivity index (χ4n) is 2.34. The minimum atomic E-state index is -0.318. The van der Waals surface area contributed by atoms with E-state index in [1.54, 1.807) is 42.5 Å². The van der Waals surface area contributed by atoms with Crippen molar-refractivity contribution < 1.29 is 13.9 Å². The number of carbonyl (C=O) groups is 1. The van der Waals surface area contributed by atoms with Gasteiger partial charge in [0.05, 0.1) is 11.4 Å². The SMILES string of the molecule is N#CCOc1ccc(C=C2SC(=S)N(Cc3ccc(F)cc3)C2=O)cc1. The predicted molar refractivity (Wildman–Crippen MR) is 103 cm³/mol. The van der Waals surface area contributed by atoms with Crippen LogP contribution in [0.2, 0.25) is 0 Å². The monoisotopic (exact) mass is 384 g/mol. The fourth-order valence-corrected chi connectivity index (χ4v) is 3.59. The van der Waals surface area contributed by atoms with E-state index in [-0.39, 0.29) is 18.3 Å². The van der Waals surface area contributed by atoms with E-state index in [2.05, 4.69) is 0 Å². The number of ether oxygens (including phenoxy) is 1. The molecule has 0 atom stereocenters. The zero-order valence-electron chi connectivity index (χ0n) is 13.5. The molecular formula is C19H13FN2O2S2. The molecule has 0 aliphatic carbocycles. The summed E-state index contributed by atoms with van der Waals surface area (Å²) in [5.41, 5.74) is 1.64. The Morgan fingerprint density at radius 3 is 2.54 bits per heavy atom. The zero-order valence-corrected chi connectivity index (χ0v) is 15.1. The minimum Gasteiger partial charge on any atom is -0.479 e. The third kappa shape index (κ3) is 4.28. The van der Waals surface area contributed by atoms with Crippen molar-refractivity contribution in [1.29, 1.82) is 5.26 Å².